The molecular formula is C23H36NP. The Hall–Kier alpha value is -0.680. The Morgan fingerprint density at radius 2 is 1.28 bits per heavy atom. The molecule has 0 aromatic heterocycles. The van der Waals surface area contributed by atoms with Gasteiger partial charge in [0.05, 0.1) is 11.0 Å². The Balaban J connectivity index is 2.00. The van der Waals surface area contributed by atoms with Gasteiger partial charge in [0.25, 0.3) is 0 Å². The second-order valence-electron chi connectivity index (χ2n) is 8.96. The molecule has 2 aliphatic carbocycles. The highest BCUT2D eigenvalue weighted by Crippen LogP contribution is 2.58. The molecule has 0 bridgehead atoms. The maximum Gasteiger partial charge on any atom is 0.0659 e. The van der Waals surface area contributed by atoms with Crippen LogP contribution in [0.1, 0.15) is 90.5 Å². The minimum Gasteiger partial charge on any atom is -0.279 e. The molecule has 1 aromatic rings. The van der Waals surface area contributed by atoms with Gasteiger partial charge in [-0.15, -0.1) is 0 Å². The summed E-state index contributed by atoms with van der Waals surface area (Å²) >= 11 is 0. The molecule has 0 spiro atoms. The van der Waals surface area contributed by atoms with Crippen molar-refractivity contribution in [3.05, 3.63) is 35.9 Å². The van der Waals surface area contributed by atoms with Crippen molar-refractivity contribution in [2.45, 2.75) is 102 Å². The number of hydrogen-bond acceptors (Lipinski definition) is 1. The molecule has 0 N–H and O–H groups in total. The summed E-state index contributed by atoms with van der Waals surface area (Å²) in [7, 11) is -0.151. The molecule has 0 radical (unpaired) electrons. The Morgan fingerprint density at radius 3 is 1.72 bits per heavy atom. The monoisotopic (exact) mass is 357 g/mol. The molecule has 0 heterocycles. The van der Waals surface area contributed by atoms with Gasteiger partial charge in [-0.2, -0.15) is 0 Å². The predicted octanol–water partition coefficient (Wildman–Crippen LogP) is 7.38. The fourth-order valence-corrected chi connectivity index (χ4v) is 8.53. The normalized spacial score (nSPS) is 21.7. The van der Waals surface area contributed by atoms with Crippen LogP contribution in [0.25, 0.3) is 0 Å². The van der Waals surface area contributed by atoms with E-state index in [0.29, 0.717) is 0 Å². The Kier molecular flexibility index (Phi) is 6.73. The molecule has 2 fully saturated rings. The topological polar surface area (TPSA) is 12.4 Å². The van der Waals surface area contributed by atoms with Gasteiger partial charge in [0.15, 0.2) is 0 Å². The number of rotatable bonds is 4. The molecule has 2 aliphatic rings. The molecule has 1 aromatic carbocycles. The molecular weight excluding hydrogens is 321 g/mol. The van der Waals surface area contributed by atoms with Crippen LogP contribution < -0.4 is 0 Å². The third kappa shape index (κ3) is 5.40. The van der Waals surface area contributed by atoms with E-state index in [4.69, 9.17) is 4.99 Å². The smallest absolute Gasteiger partial charge is 0.0659 e. The summed E-state index contributed by atoms with van der Waals surface area (Å²) in [6.45, 7) is 6.81. The summed E-state index contributed by atoms with van der Waals surface area (Å²) < 4.78 is 0. The summed E-state index contributed by atoms with van der Waals surface area (Å²) in [5.41, 5.74) is 4.72. The predicted molar refractivity (Wildman–Crippen MR) is 113 cm³/mol. The van der Waals surface area contributed by atoms with Gasteiger partial charge in [-0.1, -0.05) is 68.9 Å². The average molecular weight is 358 g/mol. The van der Waals surface area contributed by atoms with Gasteiger partial charge in [-0.3, -0.25) is 4.99 Å². The molecule has 0 atom stereocenters. The van der Waals surface area contributed by atoms with Gasteiger partial charge >= 0.3 is 0 Å². The molecule has 138 valence electrons. The van der Waals surface area contributed by atoms with Gasteiger partial charge in [-0.05, 0) is 65.7 Å². The summed E-state index contributed by atoms with van der Waals surface area (Å²) in [4.78, 5) is 5.38. The van der Waals surface area contributed by atoms with Crippen molar-refractivity contribution in [1.82, 2.24) is 0 Å². The second-order valence-corrected chi connectivity index (χ2v) is 11.7. The molecule has 25 heavy (non-hydrogen) atoms. The summed E-state index contributed by atoms with van der Waals surface area (Å²) in [6, 6.07) is 11.2. The van der Waals surface area contributed by atoms with Gasteiger partial charge in [0.1, 0.15) is 0 Å². The Bertz CT molecular complexity index is 527. The van der Waals surface area contributed by atoms with E-state index in [0.717, 1.165) is 11.3 Å². The lowest BCUT2D eigenvalue weighted by Crippen LogP contribution is -2.26. The van der Waals surface area contributed by atoms with Crippen LogP contribution in [-0.2, 0) is 0 Å². The summed E-state index contributed by atoms with van der Waals surface area (Å²) in [6.07, 6.45) is 14.4. The lowest BCUT2D eigenvalue weighted by molar-refractivity contribution is 0.487. The summed E-state index contributed by atoms with van der Waals surface area (Å²) in [5.74, 6) is 0. The zero-order valence-corrected chi connectivity index (χ0v) is 17.4. The highest BCUT2D eigenvalue weighted by Gasteiger charge is 2.35. The number of benzene rings is 1. The first kappa shape index (κ1) is 19.1. The maximum absolute atomic E-state index is 5.38. The Morgan fingerprint density at radius 1 is 0.800 bits per heavy atom. The maximum atomic E-state index is 5.38. The fraction of sp³-hybridized carbons (Fsp3) is 0.696. The Labute approximate surface area is 156 Å². The van der Waals surface area contributed by atoms with E-state index in [1.807, 2.05) is 0 Å². The van der Waals surface area contributed by atoms with Gasteiger partial charge < -0.3 is 0 Å². The van der Waals surface area contributed by atoms with Crippen molar-refractivity contribution in [1.29, 1.82) is 0 Å². The molecule has 3 rings (SSSR count). The first-order valence-electron chi connectivity index (χ1n) is 10.5. The van der Waals surface area contributed by atoms with E-state index in [1.54, 1.807) is 0 Å². The van der Waals surface area contributed by atoms with Crippen LogP contribution in [0.3, 0.4) is 0 Å². The van der Waals surface area contributed by atoms with Crippen LogP contribution in [0.2, 0.25) is 0 Å². The van der Waals surface area contributed by atoms with E-state index >= 15 is 0 Å². The molecule has 0 aliphatic heterocycles. The van der Waals surface area contributed by atoms with Crippen LogP contribution in [0.4, 0.5) is 0 Å². The van der Waals surface area contributed by atoms with Gasteiger partial charge in [-0.25, -0.2) is 0 Å². The fourth-order valence-electron chi connectivity index (χ4n) is 4.54. The van der Waals surface area contributed by atoms with E-state index in [2.05, 4.69) is 51.1 Å². The SMILES string of the molecule is CC(C)(C)N=C(c1ccccc1)P(C1CCCCC1)C1CCCCC1. The molecule has 0 unspecified atom stereocenters. The zero-order valence-electron chi connectivity index (χ0n) is 16.5. The summed E-state index contributed by atoms with van der Waals surface area (Å²) in [5, 5.41) is 0. The minimum absolute atomic E-state index is 0.00902. The number of aliphatic imine (C=N–C) groups is 1. The van der Waals surface area contributed by atoms with Crippen molar-refractivity contribution < 1.29 is 0 Å². The number of hydrogen-bond donors (Lipinski definition) is 0. The van der Waals surface area contributed by atoms with E-state index < -0.39 is 0 Å². The lowest BCUT2D eigenvalue weighted by atomic mass is 9.99. The van der Waals surface area contributed by atoms with E-state index in [9.17, 15) is 0 Å². The van der Waals surface area contributed by atoms with E-state index in [1.165, 1.54) is 75.2 Å². The average Bonchev–Trinajstić information content (AvgIpc) is 2.63. The van der Waals surface area contributed by atoms with Crippen LogP contribution in [-0.4, -0.2) is 22.3 Å². The second kappa shape index (κ2) is 8.81. The van der Waals surface area contributed by atoms with Gasteiger partial charge in [0, 0.05) is 5.56 Å². The van der Waals surface area contributed by atoms with Crippen LogP contribution in [0, 0.1) is 0 Å². The number of nitrogens with zero attached hydrogens (tertiary/aromatic N) is 1. The van der Waals surface area contributed by atoms with Gasteiger partial charge in [0.2, 0.25) is 0 Å². The quantitative estimate of drug-likeness (QED) is 0.394. The first-order valence-corrected chi connectivity index (χ1v) is 12.0. The third-order valence-electron chi connectivity index (χ3n) is 5.65. The first-order chi connectivity index (χ1) is 12.0. The van der Waals surface area contributed by atoms with Crippen LogP contribution in [0.15, 0.2) is 35.3 Å². The van der Waals surface area contributed by atoms with Crippen LogP contribution >= 0.6 is 7.92 Å². The third-order valence-corrected chi connectivity index (χ3v) is 9.11. The molecule has 2 heteroatoms. The minimum atomic E-state index is -0.151. The van der Waals surface area contributed by atoms with Crippen molar-refractivity contribution >= 4 is 13.4 Å². The van der Waals surface area contributed by atoms with Crippen molar-refractivity contribution in [2.24, 2.45) is 4.99 Å². The molecule has 0 amide bonds. The molecule has 2 saturated carbocycles. The van der Waals surface area contributed by atoms with Crippen LogP contribution in [0.5, 0.6) is 0 Å². The molecule has 0 saturated heterocycles. The van der Waals surface area contributed by atoms with Crippen molar-refractivity contribution in [3.63, 3.8) is 0 Å². The van der Waals surface area contributed by atoms with Crippen molar-refractivity contribution in [3.8, 4) is 0 Å². The lowest BCUT2D eigenvalue weighted by Gasteiger charge is -2.40. The largest absolute Gasteiger partial charge is 0.279 e. The standard InChI is InChI=1S/C23H36NP/c1-23(2,3)24-22(19-13-7-4-8-14-19)25(20-15-9-5-10-16-20)21-17-11-6-12-18-21/h4,7-8,13-14,20-21H,5-6,9-12,15-18H2,1-3H3. The molecule has 1 nitrogen and oxygen atoms in total. The highest BCUT2D eigenvalue weighted by atomic mass is 31.1. The van der Waals surface area contributed by atoms with Crippen molar-refractivity contribution in [2.75, 3.05) is 0 Å². The zero-order chi connectivity index (χ0) is 17.7. The highest BCUT2D eigenvalue weighted by molar-refractivity contribution is 7.77. The van der Waals surface area contributed by atoms with E-state index in [-0.39, 0.29) is 13.5 Å².